The largest absolute Gasteiger partial charge is 0.416 e. The summed E-state index contributed by atoms with van der Waals surface area (Å²) in [5.41, 5.74) is 0.496. The molecule has 1 unspecified atom stereocenters. The highest BCUT2D eigenvalue weighted by Crippen LogP contribution is 2.31. The van der Waals surface area contributed by atoms with Gasteiger partial charge in [-0.15, -0.1) is 0 Å². The predicted molar refractivity (Wildman–Crippen MR) is 74.6 cm³/mol. The molecule has 1 aliphatic rings. The summed E-state index contributed by atoms with van der Waals surface area (Å²) in [7, 11) is 0. The van der Waals surface area contributed by atoms with E-state index in [1.54, 1.807) is 12.1 Å². The van der Waals surface area contributed by atoms with E-state index in [-0.39, 0.29) is 5.54 Å². The van der Waals surface area contributed by atoms with E-state index < -0.39 is 11.7 Å². The van der Waals surface area contributed by atoms with Crippen LogP contribution in [0.5, 0.6) is 0 Å². The van der Waals surface area contributed by atoms with Crippen LogP contribution in [0, 0.1) is 0 Å². The van der Waals surface area contributed by atoms with Crippen LogP contribution >= 0.6 is 0 Å². The molecule has 1 nitrogen and oxygen atoms in total. The summed E-state index contributed by atoms with van der Waals surface area (Å²) in [6.07, 6.45) is 2.25. The fraction of sp³-hybridized carbons (Fsp3) is 0.625. The number of benzene rings is 1. The quantitative estimate of drug-likeness (QED) is 0.855. The van der Waals surface area contributed by atoms with Crippen LogP contribution in [0.1, 0.15) is 50.2 Å². The minimum atomic E-state index is -4.25. The van der Waals surface area contributed by atoms with Crippen LogP contribution in [0.4, 0.5) is 13.2 Å². The van der Waals surface area contributed by atoms with Crippen molar-refractivity contribution in [2.24, 2.45) is 0 Å². The number of hydrogen-bond donors (Lipinski definition) is 1. The van der Waals surface area contributed by atoms with Gasteiger partial charge in [-0.05, 0) is 49.9 Å². The Morgan fingerprint density at radius 1 is 1.15 bits per heavy atom. The summed E-state index contributed by atoms with van der Waals surface area (Å²) in [5, 5.41) is 3.60. The molecule has 1 aromatic carbocycles. The molecule has 0 saturated carbocycles. The molecule has 1 fully saturated rings. The number of piperidine rings is 1. The van der Waals surface area contributed by atoms with Gasteiger partial charge in [0.2, 0.25) is 0 Å². The summed E-state index contributed by atoms with van der Waals surface area (Å²) in [5.74, 6) is 0. The Morgan fingerprint density at radius 3 is 2.35 bits per heavy atom. The molecule has 1 saturated heterocycles. The second kappa shape index (κ2) is 6.17. The molecule has 0 radical (unpaired) electrons. The van der Waals surface area contributed by atoms with Crippen molar-refractivity contribution in [2.75, 3.05) is 6.54 Å². The van der Waals surface area contributed by atoms with Gasteiger partial charge in [0.05, 0.1) is 5.56 Å². The smallest absolute Gasteiger partial charge is 0.311 e. The normalized spacial score (nSPS) is 23.8. The Hall–Kier alpha value is -1.03. The van der Waals surface area contributed by atoms with Gasteiger partial charge in [-0.25, -0.2) is 0 Å². The first-order valence-electron chi connectivity index (χ1n) is 7.36. The summed E-state index contributed by atoms with van der Waals surface area (Å²) in [6, 6.07) is 5.63. The lowest BCUT2D eigenvalue weighted by Crippen LogP contribution is -2.50. The summed E-state index contributed by atoms with van der Waals surface area (Å²) >= 11 is 0. The van der Waals surface area contributed by atoms with E-state index >= 15 is 0 Å². The molecule has 0 spiro atoms. The van der Waals surface area contributed by atoms with E-state index in [1.807, 2.05) is 0 Å². The Kier molecular flexibility index (Phi) is 4.74. The number of rotatable bonds is 4. The van der Waals surface area contributed by atoms with Gasteiger partial charge in [0.1, 0.15) is 0 Å². The van der Waals surface area contributed by atoms with Crippen molar-refractivity contribution in [1.29, 1.82) is 0 Å². The molecular formula is C16H22F3N. The van der Waals surface area contributed by atoms with Crippen molar-refractivity contribution < 1.29 is 13.2 Å². The van der Waals surface area contributed by atoms with Crippen molar-refractivity contribution in [3.63, 3.8) is 0 Å². The maximum atomic E-state index is 12.6. The predicted octanol–water partition coefficient (Wildman–Crippen LogP) is 4.56. The highest BCUT2D eigenvalue weighted by molar-refractivity contribution is 5.26. The van der Waals surface area contributed by atoms with Crippen molar-refractivity contribution in [3.8, 4) is 0 Å². The third kappa shape index (κ3) is 3.75. The molecule has 1 atom stereocenters. The molecule has 1 N–H and O–H groups in total. The SMILES string of the molecule is CCCC1(Cc2ccc(C(F)(F)F)cc2)CCCCN1. The van der Waals surface area contributed by atoms with E-state index in [0.717, 1.165) is 37.8 Å². The number of hydrogen-bond acceptors (Lipinski definition) is 1. The fourth-order valence-corrected chi connectivity index (χ4v) is 3.16. The van der Waals surface area contributed by atoms with E-state index in [9.17, 15) is 13.2 Å². The van der Waals surface area contributed by atoms with Crippen LogP contribution in [0.25, 0.3) is 0 Å². The maximum absolute atomic E-state index is 12.6. The van der Waals surface area contributed by atoms with Gasteiger partial charge in [-0.3, -0.25) is 0 Å². The average Bonchev–Trinajstić information content (AvgIpc) is 2.39. The van der Waals surface area contributed by atoms with E-state index in [4.69, 9.17) is 0 Å². The van der Waals surface area contributed by atoms with Crippen LogP contribution < -0.4 is 5.32 Å². The number of halogens is 3. The Bertz CT molecular complexity index is 411. The van der Waals surface area contributed by atoms with Crippen LogP contribution in [0.15, 0.2) is 24.3 Å². The third-order valence-corrected chi connectivity index (χ3v) is 4.13. The molecule has 4 heteroatoms. The van der Waals surface area contributed by atoms with Gasteiger partial charge in [0.15, 0.2) is 0 Å². The Labute approximate surface area is 118 Å². The van der Waals surface area contributed by atoms with E-state index in [0.29, 0.717) is 0 Å². The molecule has 112 valence electrons. The van der Waals surface area contributed by atoms with Crippen molar-refractivity contribution in [3.05, 3.63) is 35.4 Å². The lowest BCUT2D eigenvalue weighted by Gasteiger charge is -2.39. The van der Waals surface area contributed by atoms with Gasteiger partial charge >= 0.3 is 6.18 Å². The molecule has 1 heterocycles. The molecule has 0 bridgehead atoms. The van der Waals surface area contributed by atoms with Crippen molar-refractivity contribution in [2.45, 2.75) is 57.2 Å². The van der Waals surface area contributed by atoms with E-state index in [2.05, 4.69) is 12.2 Å². The zero-order chi connectivity index (χ0) is 14.6. The standard InChI is InChI=1S/C16H22F3N/c1-2-9-15(10-3-4-11-20-15)12-13-5-7-14(8-6-13)16(17,18)19/h5-8,20H,2-4,9-12H2,1H3. The number of alkyl halides is 3. The van der Waals surface area contributed by atoms with Crippen LogP contribution in [-0.4, -0.2) is 12.1 Å². The molecule has 0 aromatic heterocycles. The highest BCUT2D eigenvalue weighted by atomic mass is 19.4. The first-order valence-corrected chi connectivity index (χ1v) is 7.36. The zero-order valence-electron chi connectivity index (χ0n) is 11.9. The monoisotopic (exact) mass is 285 g/mol. The lowest BCUT2D eigenvalue weighted by atomic mass is 9.80. The Balaban J connectivity index is 2.10. The molecule has 2 rings (SSSR count). The topological polar surface area (TPSA) is 12.0 Å². The second-order valence-electron chi connectivity index (χ2n) is 5.79. The van der Waals surface area contributed by atoms with Crippen molar-refractivity contribution >= 4 is 0 Å². The van der Waals surface area contributed by atoms with E-state index in [1.165, 1.54) is 25.0 Å². The van der Waals surface area contributed by atoms with Gasteiger partial charge < -0.3 is 5.32 Å². The molecular weight excluding hydrogens is 263 g/mol. The highest BCUT2D eigenvalue weighted by Gasteiger charge is 2.32. The fourth-order valence-electron chi connectivity index (χ4n) is 3.16. The maximum Gasteiger partial charge on any atom is 0.416 e. The second-order valence-corrected chi connectivity index (χ2v) is 5.79. The van der Waals surface area contributed by atoms with Gasteiger partial charge in [-0.2, -0.15) is 13.2 Å². The molecule has 0 amide bonds. The first kappa shape index (κ1) is 15.4. The molecule has 0 aliphatic carbocycles. The average molecular weight is 285 g/mol. The first-order chi connectivity index (χ1) is 9.45. The third-order valence-electron chi connectivity index (χ3n) is 4.13. The minimum Gasteiger partial charge on any atom is -0.311 e. The summed E-state index contributed by atoms with van der Waals surface area (Å²) < 4.78 is 37.7. The van der Waals surface area contributed by atoms with Crippen LogP contribution in [0.3, 0.4) is 0 Å². The molecule has 20 heavy (non-hydrogen) atoms. The zero-order valence-corrected chi connectivity index (χ0v) is 11.9. The van der Waals surface area contributed by atoms with Gasteiger partial charge in [0, 0.05) is 5.54 Å². The lowest BCUT2D eigenvalue weighted by molar-refractivity contribution is -0.137. The minimum absolute atomic E-state index is 0.0761. The number of nitrogens with one attached hydrogen (secondary N) is 1. The van der Waals surface area contributed by atoms with Crippen molar-refractivity contribution in [1.82, 2.24) is 5.32 Å². The van der Waals surface area contributed by atoms with Crippen LogP contribution in [0.2, 0.25) is 0 Å². The van der Waals surface area contributed by atoms with Gasteiger partial charge in [-0.1, -0.05) is 31.9 Å². The van der Waals surface area contributed by atoms with Crippen LogP contribution in [-0.2, 0) is 12.6 Å². The summed E-state index contributed by atoms with van der Waals surface area (Å²) in [6.45, 7) is 3.17. The summed E-state index contributed by atoms with van der Waals surface area (Å²) in [4.78, 5) is 0. The Morgan fingerprint density at radius 2 is 1.85 bits per heavy atom. The molecule has 1 aliphatic heterocycles. The van der Waals surface area contributed by atoms with Gasteiger partial charge in [0.25, 0.3) is 0 Å². The molecule has 1 aromatic rings.